The molecule has 4 rings (SSSR count). The van der Waals surface area contributed by atoms with Gasteiger partial charge < -0.3 is 10.2 Å². The van der Waals surface area contributed by atoms with Gasteiger partial charge in [0, 0.05) is 25.1 Å². The molecule has 7 nitrogen and oxygen atoms in total. The Morgan fingerprint density at radius 2 is 1.52 bits per heavy atom. The number of halogens is 5. The number of nitrogens with zero attached hydrogens (tertiary/aromatic N) is 2. The van der Waals surface area contributed by atoms with Gasteiger partial charge in [0.05, 0.1) is 21.2 Å². The number of hydrogen-bond acceptors (Lipinski definition) is 4. The third-order valence-electron chi connectivity index (χ3n) is 7.55. The van der Waals surface area contributed by atoms with Crippen molar-refractivity contribution in [3.63, 3.8) is 0 Å². The minimum absolute atomic E-state index is 0.0191. The van der Waals surface area contributed by atoms with Gasteiger partial charge in [0.1, 0.15) is 18.4 Å². The molecule has 0 aliphatic carbocycles. The maximum absolute atomic E-state index is 15.0. The van der Waals surface area contributed by atoms with Crippen molar-refractivity contribution in [2.24, 2.45) is 0 Å². The van der Waals surface area contributed by atoms with Crippen LogP contribution < -0.4 is 9.62 Å². The van der Waals surface area contributed by atoms with E-state index in [4.69, 9.17) is 11.6 Å². The van der Waals surface area contributed by atoms with Crippen LogP contribution in [0, 0.1) is 5.82 Å². The molecular weight excluding hydrogens is 670 g/mol. The lowest BCUT2D eigenvalue weighted by molar-refractivity contribution is -0.140. The van der Waals surface area contributed by atoms with Crippen LogP contribution >= 0.6 is 11.6 Å². The molecule has 0 aromatic heterocycles. The molecule has 0 bridgehead atoms. The third-order valence-corrected chi connectivity index (χ3v) is 9.64. The highest BCUT2D eigenvalue weighted by Crippen LogP contribution is 2.37. The number of sulfonamides is 1. The van der Waals surface area contributed by atoms with Gasteiger partial charge >= 0.3 is 6.18 Å². The molecule has 0 aliphatic heterocycles. The smallest absolute Gasteiger partial charge is 0.354 e. The second-order valence-corrected chi connectivity index (χ2v) is 13.2. The molecule has 0 aliphatic rings. The van der Waals surface area contributed by atoms with Crippen LogP contribution in [0.2, 0.25) is 5.02 Å². The average molecular weight is 704 g/mol. The number of unbranched alkanes of at least 4 members (excludes halogenated alkanes) is 1. The highest BCUT2D eigenvalue weighted by Gasteiger charge is 2.37. The summed E-state index contributed by atoms with van der Waals surface area (Å²) in [6.45, 7) is 0.721. The maximum Gasteiger partial charge on any atom is 0.416 e. The first kappa shape index (κ1) is 36.4. The van der Waals surface area contributed by atoms with Crippen LogP contribution in [0.15, 0.2) is 108 Å². The summed E-state index contributed by atoms with van der Waals surface area (Å²) in [5.41, 5.74) is -1.08. The first-order chi connectivity index (χ1) is 22.8. The van der Waals surface area contributed by atoms with E-state index in [1.165, 1.54) is 42.5 Å². The second-order valence-electron chi connectivity index (χ2n) is 11.0. The monoisotopic (exact) mass is 703 g/mol. The van der Waals surface area contributed by atoms with Crippen LogP contribution in [0.25, 0.3) is 0 Å². The summed E-state index contributed by atoms with van der Waals surface area (Å²) in [5, 5.41) is 2.44. The van der Waals surface area contributed by atoms with E-state index >= 15 is 4.39 Å². The van der Waals surface area contributed by atoms with Crippen molar-refractivity contribution in [3.05, 3.63) is 131 Å². The Balaban J connectivity index is 1.86. The van der Waals surface area contributed by atoms with Crippen LogP contribution in [-0.4, -0.2) is 44.3 Å². The van der Waals surface area contributed by atoms with E-state index in [0.717, 1.165) is 17.4 Å². The Morgan fingerprint density at radius 3 is 2.15 bits per heavy atom. The van der Waals surface area contributed by atoms with Crippen LogP contribution in [0.3, 0.4) is 0 Å². The van der Waals surface area contributed by atoms with Gasteiger partial charge in [-0.15, -0.1) is 0 Å². The minimum atomic E-state index is -4.86. The standard InChI is InChI=1S/C35H34ClF4N3O4S/c1-2-3-20-41-34(45)32(21-25-12-6-4-7-13-25)42(23-26-14-10-11-17-30(26)37)33(44)24-43(48(46,47)28-15-8-5-9-16-28)31-22-27(35(38,39)40)18-19-29(31)36/h4-19,22,32H,2-3,20-21,23-24H2,1H3,(H,41,45). The van der Waals surface area contributed by atoms with E-state index in [9.17, 15) is 31.2 Å². The van der Waals surface area contributed by atoms with Gasteiger partial charge in [0.15, 0.2) is 0 Å². The molecule has 0 radical (unpaired) electrons. The summed E-state index contributed by atoms with van der Waals surface area (Å²) >= 11 is 6.33. The molecule has 1 N–H and O–H groups in total. The first-order valence-corrected chi connectivity index (χ1v) is 16.9. The fourth-order valence-corrected chi connectivity index (χ4v) is 6.70. The Kier molecular flexibility index (Phi) is 12.2. The molecule has 0 saturated carbocycles. The molecule has 0 fully saturated rings. The Hall–Kier alpha value is -4.42. The molecule has 0 heterocycles. The molecular formula is C35H34ClF4N3O4S. The summed E-state index contributed by atoms with van der Waals surface area (Å²) in [6.07, 6.45) is -3.47. The lowest BCUT2D eigenvalue weighted by Crippen LogP contribution is -2.53. The maximum atomic E-state index is 15.0. The van der Waals surface area contributed by atoms with E-state index in [0.29, 0.717) is 28.4 Å². The number of hydrogen-bond donors (Lipinski definition) is 1. The zero-order valence-electron chi connectivity index (χ0n) is 26.0. The van der Waals surface area contributed by atoms with Crippen LogP contribution in [0.5, 0.6) is 0 Å². The highest BCUT2D eigenvalue weighted by atomic mass is 35.5. The zero-order chi connectivity index (χ0) is 34.9. The summed E-state index contributed by atoms with van der Waals surface area (Å²) in [7, 11) is -4.71. The van der Waals surface area contributed by atoms with Crippen LogP contribution in [-0.2, 0) is 38.8 Å². The molecule has 48 heavy (non-hydrogen) atoms. The Bertz CT molecular complexity index is 1810. The van der Waals surface area contributed by atoms with E-state index < -0.39 is 64.2 Å². The number of benzene rings is 4. The summed E-state index contributed by atoms with van der Waals surface area (Å²) in [6, 6.07) is 22.1. The van der Waals surface area contributed by atoms with Crippen molar-refractivity contribution >= 4 is 39.1 Å². The van der Waals surface area contributed by atoms with Gasteiger partial charge in [0.25, 0.3) is 10.0 Å². The average Bonchev–Trinajstić information content (AvgIpc) is 3.06. The van der Waals surface area contributed by atoms with E-state index in [2.05, 4.69) is 5.32 Å². The summed E-state index contributed by atoms with van der Waals surface area (Å²) in [5.74, 6) is -2.21. The van der Waals surface area contributed by atoms with Crippen LogP contribution in [0.4, 0.5) is 23.2 Å². The molecule has 13 heteroatoms. The van der Waals surface area contributed by atoms with Crippen molar-refractivity contribution in [1.82, 2.24) is 10.2 Å². The largest absolute Gasteiger partial charge is 0.416 e. The number of anilines is 1. The topological polar surface area (TPSA) is 86.8 Å². The zero-order valence-corrected chi connectivity index (χ0v) is 27.5. The normalized spacial score (nSPS) is 12.3. The van der Waals surface area contributed by atoms with E-state index in [1.807, 2.05) is 6.92 Å². The fraction of sp³-hybridized carbons (Fsp3) is 0.257. The molecule has 4 aromatic carbocycles. The summed E-state index contributed by atoms with van der Waals surface area (Å²) in [4.78, 5) is 28.9. The van der Waals surface area contributed by atoms with E-state index in [-0.39, 0.29) is 28.4 Å². The lowest BCUT2D eigenvalue weighted by atomic mass is 10.0. The number of rotatable bonds is 14. The van der Waals surface area contributed by atoms with Crippen molar-refractivity contribution in [1.29, 1.82) is 0 Å². The van der Waals surface area contributed by atoms with Crippen molar-refractivity contribution < 1.29 is 35.6 Å². The van der Waals surface area contributed by atoms with Gasteiger partial charge in [-0.05, 0) is 48.4 Å². The number of nitrogens with one attached hydrogen (secondary N) is 1. The fourth-order valence-electron chi connectivity index (χ4n) is 4.98. The van der Waals surface area contributed by atoms with Gasteiger partial charge in [-0.25, -0.2) is 12.8 Å². The molecule has 254 valence electrons. The van der Waals surface area contributed by atoms with Gasteiger partial charge in [-0.1, -0.05) is 91.7 Å². The second kappa shape index (κ2) is 16.1. The molecule has 4 aromatic rings. The number of carbonyl (C=O) groups is 2. The first-order valence-electron chi connectivity index (χ1n) is 15.1. The summed E-state index contributed by atoms with van der Waals surface area (Å²) < 4.78 is 85.1. The number of amides is 2. The Morgan fingerprint density at radius 1 is 0.896 bits per heavy atom. The molecule has 0 saturated heterocycles. The lowest BCUT2D eigenvalue weighted by Gasteiger charge is -2.34. The van der Waals surface area contributed by atoms with Crippen molar-refractivity contribution in [3.8, 4) is 0 Å². The molecule has 1 atom stereocenters. The van der Waals surface area contributed by atoms with E-state index in [1.54, 1.807) is 42.5 Å². The SMILES string of the molecule is CCCCNC(=O)C(Cc1ccccc1)N(Cc1ccccc1F)C(=O)CN(c1cc(C(F)(F)F)ccc1Cl)S(=O)(=O)c1ccccc1. The van der Waals surface area contributed by atoms with Gasteiger partial charge in [-0.3, -0.25) is 13.9 Å². The minimum Gasteiger partial charge on any atom is -0.354 e. The number of carbonyl (C=O) groups excluding carboxylic acids is 2. The third kappa shape index (κ3) is 9.13. The predicted octanol–water partition coefficient (Wildman–Crippen LogP) is 7.25. The predicted molar refractivity (Wildman–Crippen MR) is 176 cm³/mol. The Labute approximate surface area is 282 Å². The van der Waals surface area contributed by atoms with Gasteiger partial charge in [-0.2, -0.15) is 13.2 Å². The van der Waals surface area contributed by atoms with Crippen molar-refractivity contribution in [2.75, 3.05) is 17.4 Å². The van der Waals surface area contributed by atoms with Crippen LogP contribution in [0.1, 0.15) is 36.5 Å². The molecule has 1 unspecified atom stereocenters. The molecule has 2 amide bonds. The van der Waals surface area contributed by atoms with Crippen molar-refractivity contribution in [2.45, 2.75) is 49.8 Å². The van der Waals surface area contributed by atoms with Gasteiger partial charge in [0.2, 0.25) is 11.8 Å². The quantitative estimate of drug-likeness (QED) is 0.111. The highest BCUT2D eigenvalue weighted by molar-refractivity contribution is 7.92. The number of alkyl halides is 3. The molecule has 0 spiro atoms.